The lowest BCUT2D eigenvalue weighted by Crippen LogP contribution is -2.53. The van der Waals surface area contributed by atoms with Gasteiger partial charge in [-0.15, -0.1) is 11.3 Å². The van der Waals surface area contributed by atoms with Crippen molar-refractivity contribution in [2.75, 3.05) is 26.4 Å². The monoisotopic (exact) mass is 298 g/mol. The van der Waals surface area contributed by atoms with Crippen molar-refractivity contribution in [3.63, 3.8) is 0 Å². The second kappa shape index (κ2) is 7.47. The molecule has 0 bridgehead atoms. The first-order valence-corrected chi connectivity index (χ1v) is 8.26. The minimum Gasteiger partial charge on any atom is -0.381 e. The summed E-state index contributed by atoms with van der Waals surface area (Å²) < 4.78 is 17.1. The van der Waals surface area contributed by atoms with E-state index in [0.717, 1.165) is 51.4 Å². The fourth-order valence-electron chi connectivity index (χ4n) is 2.74. The van der Waals surface area contributed by atoms with Crippen LogP contribution in [-0.2, 0) is 20.8 Å². The van der Waals surface area contributed by atoms with Crippen LogP contribution in [0.4, 0.5) is 0 Å². The second-order valence-electron chi connectivity index (χ2n) is 5.35. The smallest absolute Gasteiger partial charge is 0.0901 e. The molecule has 0 spiro atoms. The van der Waals surface area contributed by atoms with Gasteiger partial charge in [0.1, 0.15) is 0 Å². The van der Waals surface area contributed by atoms with Crippen molar-refractivity contribution in [1.29, 1.82) is 0 Å². The molecule has 0 saturated carbocycles. The first-order valence-electron chi connectivity index (χ1n) is 7.32. The van der Waals surface area contributed by atoms with E-state index in [2.05, 4.69) is 10.3 Å². The van der Waals surface area contributed by atoms with E-state index in [9.17, 15) is 0 Å². The lowest BCUT2D eigenvalue weighted by atomic mass is 10.0. The van der Waals surface area contributed by atoms with Crippen LogP contribution in [0.5, 0.6) is 0 Å². The van der Waals surface area contributed by atoms with E-state index in [1.54, 1.807) is 11.3 Å². The molecule has 2 fully saturated rings. The molecule has 0 aliphatic carbocycles. The zero-order valence-corrected chi connectivity index (χ0v) is 12.4. The maximum absolute atomic E-state index is 6.05. The van der Waals surface area contributed by atoms with Crippen LogP contribution in [0.1, 0.15) is 25.0 Å². The highest BCUT2D eigenvalue weighted by molar-refractivity contribution is 7.07. The summed E-state index contributed by atoms with van der Waals surface area (Å²) in [5, 5.41) is 5.73. The molecule has 112 valence electrons. The molecular weight excluding hydrogens is 276 g/mol. The molecular formula is C14H22N2O3S. The fraction of sp³-hybridized carbons (Fsp3) is 0.786. The van der Waals surface area contributed by atoms with Crippen molar-refractivity contribution in [1.82, 2.24) is 10.3 Å². The van der Waals surface area contributed by atoms with Gasteiger partial charge < -0.3 is 19.5 Å². The van der Waals surface area contributed by atoms with Gasteiger partial charge in [0.2, 0.25) is 0 Å². The summed E-state index contributed by atoms with van der Waals surface area (Å²) in [5.74, 6) is 0. The molecule has 0 aromatic carbocycles. The SMILES string of the molecule is c1nc(CO[C@H]2CCOC[C@H]2NC2CCOCC2)cs1. The van der Waals surface area contributed by atoms with Gasteiger partial charge in [0.15, 0.2) is 0 Å². The third-order valence-corrected chi connectivity index (χ3v) is 4.53. The Morgan fingerprint density at radius 2 is 2.10 bits per heavy atom. The van der Waals surface area contributed by atoms with Crippen LogP contribution < -0.4 is 5.32 Å². The van der Waals surface area contributed by atoms with E-state index in [-0.39, 0.29) is 12.1 Å². The molecule has 0 radical (unpaired) electrons. The maximum atomic E-state index is 6.05. The largest absolute Gasteiger partial charge is 0.381 e. The van der Waals surface area contributed by atoms with Gasteiger partial charge in [-0.2, -0.15) is 0 Å². The van der Waals surface area contributed by atoms with Crippen LogP contribution in [0.3, 0.4) is 0 Å². The van der Waals surface area contributed by atoms with Crippen LogP contribution in [0.2, 0.25) is 0 Å². The number of aromatic nitrogens is 1. The van der Waals surface area contributed by atoms with Crippen molar-refractivity contribution < 1.29 is 14.2 Å². The van der Waals surface area contributed by atoms with E-state index < -0.39 is 0 Å². The second-order valence-corrected chi connectivity index (χ2v) is 6.07. The van der Waals surface area contributed by atoms with Gasteiger partial charge in [0, 0.05) is 31.2 Å². The maximum Gasteiger partial charge on any atom is 0.0901 e. The zero-order valence-electron chi connectivity index (χ0n) is 11.6. The molecule has 6 heteroatoms. The van der Waals surface area contributed by atoms with E-state index in [1.807, 2.05) is 10.9 Å². The van der Waals surface area contributed by atoms with E-state index >= 15 is 0 Å². The molecule has 1 aromatic heterocycles. The van der Waals surface area contributed by atoms with Gasteiger partial charge in [0.05, 0.1) is 36.6 Å². The Morgan fingerprint density at radius 1 is 1.25 bits per heavy atom. The van der Waals surface area contributed by atoms with Crippen molar-refractivity contribution in [3.05, 3.63) is 16.6 Å². The number of nitrogens with one attached hydrogen (secondary N) is 1. The minimum absolute atomic E-state index is 0.216. The van der Waals surface area contributed by atoms with Crippen LogP contribution in [0.15, 0.2) is 10.9 Å². The molecule has 20 heavy (non-hydrogen) atoms. The summed E-state index contributed by atoms with van der Waals surface area (Å²) in [6.07, 6.45) is 3.32. The van der Waals surface area contributed by atoms with Crippen LogP contribution in [-0.4, -0.2) is 49.6 Å². The molecule has 0 amide bonds. The molecule has 0 unspecified atom stereocenters. The number of ether oxygens (including phenoxy) is 3. The lowest BCUT2D eigenvalue weighted by molar-refractivity contribution is -0.0690. The first-order chi connectivity index (χ1) is 9.92. The van der Waals surface area contributed by atoms with Crippen LogP contribution in [0.25, 0.3) is 0 Å². The van der Waals surface area contributed by atoms with E-state index in [1.165, 1.54) is 0 Å². The summed E-state index contributed by atoms with van der Waals surface area (Å²) in [6.45, 7) is 3.83. The predicted octanol–water partition coefficient (Wildman–Crippen LogP) is 1.59. The van der Waals surface area contributed by atoms with Gasteiger partial charge >= 0.3 is 0 Å². The van der Waals surface area contributed by atoms with Crippen molar-refractivity contribution in [2.24, 2.45) is 0 Å². The minimum atomic E-state index is 0.216. The summed E-state index contributed by atoms with van der Waals surface area (Å²) in [6, 6.07) is 0.811. The molecule has 3 rings (SSSR count). The molecule has 1 aromatic rings. The number of hydrogen-bond donors (Lipinski definition) is 1. The summed E-state index contributed by atoms with van der Waals surface area (Å²) in [7, 11) is 0. The predicted molar refractivity (Wildman–Crippen MR) is 76.9 cm³/mol. The number of hydrogen-bond acceptors (Lipinski definition) is 6. The highest BCUT2D eigenvalue weighted by Crippen LogP contribution is 2.17. The molecule has 2 atom stereocenters. The molecule has 2 aliphatic rings. The van der Waals surface area contributed by atoms with Crippen molar-refractivity contribution >= 4 is 11.3 Å². The molecule has 2 saturated heterocycles. The van der Waals surface area contributed by atoms with E-state index in [0.29, 0.717) is 12.6 Å². The Bertz CT molecular complexity index is 382. The third kappa shape index (κ3) is 3.99. The Labute approximate surface area is 123 Å². The molecule has 2 aliphatic heterocycles. The summed E-state index contributed by atoms with van der Waals surface area (Å²) >= 11 is 1.61. The summed E-state index contributed by atoms with van der Waals surface area (Å²) in [5.41, 5.74) is 2.87. The zero-order chi connectivity index (χ0) is 13.6. The highest BCUT2D eigenvalue weighted by Gasteiger charge is 2.29. The topological polar surface area (TPSA) is 52.6 Å². The van der Waals surface area contributed by atoms with Gasteiger partial charge in [-0.05, 0) is 19.3 Å². The average Bonchev–Trinajstić information content (AvgIpc) is 3.01. The number of rotatable bonds is 5. The number of nitrogens with zero attached hydrogens (tertiary/aromatic N) is 1. The van der Waals surface area contributed by atoms with Crippen molar-refractivity contribution in [3.8, 4) is 0 Å². The standard InChI is InChI=1S/C14H22N2O3S/c1-4-17-5-2-11(1)16-13-8-18-6-3-14(13)19-7-12-9-20-10-15-12/h9-11,13-14,16H,1-8H2/t13-,14+/m1/s1. The number of thiazole rings is 1. The Hall–Kier alpha value is -0.530. The Morgan fingerprint density at radius 3 is 2.90 bits per heavy atom. The Kier molecular flexibility index (Phi) is 5.38. The normalized spacial score (nSPS) is 28.6. The first kappa shape index (κ1) is 14.4. The van der Waals surface area contributed by atoms with Crippen LogP contribution in [0, 0.1) is 0 Å². The van der Waals surface area contributed by atoms with Crippen molar-refractivity contribution in [2.45, 2.75) is 44.1 Å². The molecule has 1 N–H and O–H groups in total. The van der Waals surface area contributed by atoms with Gasteiger partial charge in [-0.1, -0.05) is 0 Å². The fourth-order valence-corrected chi connectivity index (χ4v) is 3.28. The molecule has 3 heterocycles. The van der Waals surface area contributed by atoms with E-state index in [4.69, 9.17) is 14.2 Å². The van der Waals surface area contributed by atoms with Crippen LogP contribution >= 0.6 is 11.3 Å². The lowest BCUT2D eigenvalue weighted by Gasteiger charge is -2.36. The molecule has 5 nitrogen and oxygen atoms in total. The third-order valence-electron chi connectivity index (χ3n) is 3.89. The van der Waals surface area contributed by atoms with Gasteiger partial charge in [-0.25, -0.2) is 4.98 Å². The quantitative estimate of drug-likeness (QED) is 0.894. The Balaban J connectivity index is 1.50. The average molecular weight is 298 g/mol. The van der Waals surface area contributed by atoms with Gasteiger partial charge in [-0.3, -0.25) is 0 Å². The van der Waals surface area contributed by atoms with Gasteiger partial charge in [0.25, 0.3) is 0 Å². The summed E-state index contributed by atoms with van der Waals surface area (Å²) in [4.78, 5) is 4.27. The highest BCUT2D eigenvalue weighted by atomic mass is 32.1.